The summed E-state index contributed by atoms with van der Waals surface area (Å²) in [5, 5.41) is 12.2. The molecule has 0 radical (unpaired) electrons. The SMILES string of the molecule is C#CCCCCNc1cc(C)ccc1C(=O)O. The van der Waals surface area contributed by atoms with Crippen molar-refractivity contribution in [2.75, 3.05) is 11.9 Å². The first kappa shape index (κ1) is 13.1. The molecule has 1 aromatic rings. The van der Waals surface area contributed by atoms with Gasteiger partial charge in [-0.05, 0) is 37.5 Å². The summed E-state index contributed by atoms with van der Waals surface area (Å²) >= 11 is 0. The molecule has 1 aromatic carbocycles. The normalized spacial score (nSPS) is 9.65. The Bertz CT molecular complexity index is 432. The van der Waals surface area contributed by atoms with Crippen LogP contribution in [0.4, 0.5) is 5.69 Å². The van der Waals surface area contributed by atoms with Crippen molar-refractivity contribution in [1.82, 2.24) is 0 Å². The molecule has 90 valence electrons. The van der Waals surface area contributed by atoms with Gasteiger partial charge >= 0.3 is 5.97 Å². The van der Waals surface area contributed by atoms with E-state index in [1.165, 1.54) is 0 Å². The van der Waals surface area contributed by atoms with Crippen LogP contribution in [0.25, 0.3) is 0 Å². The Kier molecular flexibility index (Phi) is 5.09. The average Bonchev–Trinajstić information content (AvgIpc) is 2.28. The minimum atomic E-state index is -0.906. The maximum absolute atomic E-state index is 11.0. The molecular weight excluding hydrogens is 214 g/mol. The number of unbranched alkanes of at least 4 members (excludes halogenated alkanes) is 2. The molecule has 3 nitrogen and oxygen atoms in total. The number of aryl methyl sites for hydroxylation is 1. The summed E-state index contributed by atoms with van der Waals surface area (Å²) in [5.41, 5.74) is 2.03. The highest BCUT2D eigenvalue weighted by Crippen LogP contribution is 2.17. The van der Waals surface area contributed by atoms with E-state index >= 15 is 0 Å². The summed E-state index contributed by atoms with van der Waals surface area (Å²) in [6, 6.07) is 5.28. The first-order valence-electron chi connectivity index (χ1n) is 5.66. The summed E-state index contributed by atoms with van der Waals surface area (Å²) in [4.78, 5) is 11.0. The molecule has 0 saturated carbocycles. The number of aromatic carboxylic acids is 1. The van der Waals surface area contributed by atoms with Crippen LogP contribution < -0.4 is 5.32 Å². The van der Waals surface area contributed by atoms with E-state index in [1.807, 2.05) is 13.0 Å². The van der Waals surface area contributed by atoms with Crippen molar-refractivity contribution in [3.63, 3.8) is 0 Å². The van der Waals surface area contributed by atoms with Crippen LogP contribution in [-0.4, -0.2) is 17.6 Å². The van der Waals surface area contributed by atoms with Gasteiger partial charge < -0.3 is 10.4 Å². The molecule has 0 spiro atoms. The highest BCUT2D eigenvalue weighted by molar-refractivity contribution is 5.94. The van der Waals surface area contributed by atoms with Gasteiger partial charge in [-0.1, -0.05) is 6.07 Å². The number of carboxylic acids is 1. The first-order valence-corrected chi connectivity index (χ1v) is 5.66. The van der Waals surface area contributed by atoms with Crippen molar-refractivity contribution in [2.45, 2.75) is 26.2 Å². The molecule has 1 rings (SSSR count). The van der Waals surface area contributed by atoms with E-state index in [1.54, 1.807) is 12.1 Å². The van der Waals surface area contributed by atoms with E-state index in [-0.39, 0.29) is 0 Å². The Hall–Kier alpha value is -1.95. The third-order valence-corrected chi connectivity index (χ3v) is 2.47. The third-order valence-electron chi connectivity index (χ3n) is 2.47. The molecule has 17 heavy (non-hydrogen) atoms. The summed E-state index contributed by atoms with van der Waals surface area (Å²) in [6.07, 6.45) is 7.82. The van der Waals surface area contributed by atoms with Crippen LogP contribution in [0.5, 0.6) is 0 Å². The highest BCUT2D eigenvalue weighted by atomic mass is 16.4. The van der Waals surface area contributed by atoms with Crippen molar-refractivity contribution in [2.24, 2.45) is 0 Å². The van der Waals surface area contributed by atoms with Gasteiger partial charge in [0.15, 0.2) is 0 Å². The van der Waals surface area contributed by atoms with E-state index in [2.05, 4.69) is 11.2 Å². The molecule has 2 N–H and O–H groups in total. The van der Waals surface area contributed by atoms with E-state index in [4.69, 9.17) is 11.5 Å². The van der Waals surface area contributed by atoms with Crippen LogP contribution in [0, 0.1) is 19.3 Å². The number of carbonyl (C=O) groups is 1. The molecule has 0 aliphatic carbocycles. The number of carboxylic acid groups (broad SMARTS) is 1. The molecule has 0 unspecified atom stereocenters. The van der Waals surface area contributed by atoms with Gasteiger partial charge in [0.25, 0.3) is 0 Å². The van der Waals surface area contributed by atoms with Gasteiger partial charge in [0.2, 0.25) is 0 Å². The summed E-state index contributed by atoms with van der Waals surface area (Å²) in [7, 11) is 0. The molecule has 0 atom stereocenters. The Balaban J connectivity index is 2.60. The Morgan fingerprint density at radius 3 is 2.88 bits per heavy atom. The number of rotatable bonds is 6. The third kappa shape index (κ3) is 4.20. The second-order valence-electron chi connectivity index (χ2n) is 3.94. The molecule has 0 fully saturated rings. The predicted molar refractivity (Wildman–Crippen MR) is 69.3 cm³/mol. The van der Waals surface area contributed by atoms with Crippen LogP contribution in [0.2, 0.25) is 0 Å². The Morgan fingerprint density at radius 2 is 2.24 bits per heavy atom. The number of hydrogen-bond donors (Lipinski definition) is 2. The minimum Gasteiger partial charge on any atom is -0.478 e. The minimum absolute atomic E-state index is 0.313. The maximum atomic E-state index is 11.0. The Labute approximate surface area is 102 Å². The fraction of sp³-hybridized carbons (Fsp3) is 0.357. The molecule has 0 aliphatic heterocycles. The summed E-state index contributed by atoms with van der Waals surface area (Å²) < 4.78 is 0. The topological polar surface area (TPSA) is 49.3 Å². The largest absolute Gasteiger partial charge is 0.478 e. The fourth-order valence-electron chi connectivity index (χ4n) is 1.57. The van der Waals surface area contributed by atoms with Crippen LogP contribution in [0.15, 0.2) is 18.2 Å². The Morgan fingerprint density at radius 1 is 1.47 bits per heavy atom. The average molecular weight is 231 g/mol. The van der Waals surface area contributed by atoms with E-state index in [0.29, 0.717) is 11.3 Å². The molecule has 0 aromatic heterocycles. The van der Waals surface area contributed by atoms with E-state index < -0.39 is 5.97 Å². The molecule has 3 heteroatoms. The van der Waals surface area contributed by atoms with Crippen LogP contribution in [0.1, 0.15) is 35.2 Å². The standard InChI is InChI=1S/C14H17NO2/c1-3-4-5-6-9-15-13-10-11(2)7-8-12(13)14(16)17/h1,7-8,10,15H,4-6,9H2,2H3,(H,16,17). The summed E-state index contributed by atoms with van der Waals surface area (Å²) in [6.45, 7) is 2.68. The van der Waals surface area contributed by atoms with Crippen molar-refractivity contribution in [1.29, 1.82) is 0 Å². The second kappa shape index (κ2) is 6.59. The molecular formula is C14H17NO2. The molecule has 0 heterocycles. The molecule has 0 bridgehead atoms. The number of nitrogens with one attached hydrogen (secondary N) is 1. The van der Waals surface area contributed by atoms with Gasteiger partial charge in [0, 0.05) is 18.7 Å². The number of hydrogen-bond acceptors (Lipinski definition) is 2. The van der Waals surface area contributed by atoms with Crippen molar-refractivity contribution in [3.05, 3.63) is 29.3 Å². The van der Waals surface area contributed by atoms with Crippen LogP contribution >= 0.6 is 0 Å². The lowest BCUT2D eigenvalue weighted by atomic mass is 10.1. The maximum Gasteiger partial charge on any atom is 0.337 e. The predicted octanol–water partition coefficient (Wildman–Crippen LogP) is 2.91. The lowest BCUT2D eigenvalue weighted by Crippen LogP contribution is -2.07. The fourth-order valence-corrected chi connectivity index (χ4v) is 1.57. The molecule has 0 saturated heterocycles. The summed E-state index contributed by atoms with van der Waals surface area (Å²) in [5.74, 6) is 1.68. The zero-order valence-corrected chi connectivity index (χ0v) is 9.99. The number of benzene rings is 1. The van der Waals surface area contributed by atoms with Crippen LogP contribution in [0.3, 0.4) is 0 Å². The van der Waals surface area contributed by atoms with Gasteiger partial charge in [-0.25, -0.2) is 4.79 Å². The smallest absolute Gasteiger partial charge is 0.337 e. The van der Waals surface area contributed by atoms with Gasteiger partial charge in [-0.2, -0.15) is 0 Å². The van der Waals surface area contributed by atoms with Crippen molar-refractivity contribution >= 4 is 11.7 Å². The van der Waals surface area contributed by atoms with Crippen LogP contribution in [-0.2, 0) is 0 Å². The van der Waals surface area contributed by atoms with Gasteiger partial charge in [0.1, 0.15) is 0 Å². The number of anilines is 1. The van der Waals surface area contributed by atoms with Crippen molar-refractivity contribution in [3.8, 4) is 12.3 Å². The van der Waals surface area contributed by atoms with Gasteiger partial charge in [-0.3, -0.25) is 0 Å². The molecule has 0 amide bonds. The van der Waals surface area contributed by atoms with E-state index in [9.17, 15) is 4.79 Å². The lowest BCUT2D eigenvalue weighted by Gasteiger charge is -2.10. The van der Waals surface area contributed by atoms with E-state index in [0.717, 1.165) is 31.4 Å². The zero-order valence-electron chi connectivity index (χ0n) is 9.99. The number of terminal acetylenes is 1. The second-order valence-corrected chi connectivity index (χ2v) is 3.94. The van der Waals surface area contributed by atoms with Gasteiger partial charge in [0.05, 0.1) is 5.56 Å². The monoisotopic (exact) mass is 231 g/mol. The highest BCUT2D eigenvalue weighted by Gasteiger charge is 2.08. The first-order chi connectivity index (χ1) is 8.15. The lowest BCUT2D eigenvalue weighted by molar-refractivity contribution is 0.0698. The zero-order chi connectivity index (χ0) is 12.7. The molecule has 0 aliphatic rings. The van der Waals surface area contributed by atoms with Gasteiger partial charge in [-0.15, -0.1) is 12.3 Å². The quantitative estimate of drug-likeness (QED) is 0.584. The van der Waals surface area contributed by atoms with Crippen molar-refractivity contribution < 1.29 is 9.90 Å².